The molecule has 0 N–H and O–H groups in total. The lowest BCUT2D eigenvalue weighted by Crippen LogP contribution is -2.50. The summed E-state index contributed by atoms with van der Waals surface area (Å²) in [5, 5.41) is 4.87. The third kappa shape index (κ3) is 3.85. The second-order valence-electron chi connectivity index (χ2n) is 8.22. The van der Waals surface area contributed by atoms with Gasteiger partial charge in [0.2, 0.25) is 15.9 Å². The number of carbonyl (C=O) groups excluding carboxylic acids is 1. The van der Waals surface area contributed by atoms with Crippen molar-refractivity contribution in [2.24, 2.45) is 0 Å². The first-order valence-corrected chi connectivity index (χ1v) is 12.2. The number of carbonyl (C=O) groups is 1. The number of nitrogens with zero attached hydrogens (tertiary/aromatic N) is 3. The Balaban J connectivity index is 1.25. The highest BCUT2D eigenvalue weighted by atomic mass is 32.2. The van der Waals surface area contributed by atoms with E-state index < -0.39 is 10.0 Å². The van der Waals surface area contributed by atoms with Crippen molar-refractivity contribution in [2.75, 3.05) is 26.2 Å². The molecule has 3 aromatic rings. The molecule has 2 aliphatic rings. The highest BCUT2D eigenvalue weighted by Gasteiger charge is 2.31. The van der Waals surface area contributed by atoms with Crippen molar-refractivity contribution < 1.29 is 17.7 Å². The van der Waals surface area contributed by atoms with E-state index in [2.05, 4.69) is 5.16 Å². The van der Waals surface area contributed by atoms with Crippen molar-refractivity contribution in [3.05, 3.63) is 59.3 Å². The van der Waals surface area contributed by atoms with Gasteiger partial charge < -0.3 is 9.42 Å². The molecular weight excluding hydrogens is 414 g/mol. The number of hydrogen-bond acceptors (Lipinski definition) is 5. The molecule has 162 valence electrons. The number of aromatic nitrogens is 1. The van der Waals surface area contributed by atoms with E-state index in [9.17, 15) is 13.2 Å². The molecule has 31 heavy (non-hydrogen) atoms. The summed E-state index contributed by atoms with van der Waals surface area (Å²) in [6, 6.07) is 13.0. The van der Waals surface area contributed by atoms with Gasteiger partial charge in [-0.15, -0.1) is 0 Å². The first-order valence-electron chi connectivity index (χ1n) is 10.8. The normalized spacial score (nSPS) is 17.6. The topological polar surface area (TPSA) is 83.7 Å². The quantitative estimate of drug-likeness (QED) is 0.624. The van der Waals surface area contributed by atoms with Gasteiger partial charge in [0.05, 0.1) is 11.3 Å². The molecule has 0 saturated carbocycles. The minimum absolute atomic E-state index is 0.0649. The molecule has 5 rings (SSSR count). The number of piperazine rings is 1. The van der Waals surface area contributed by atoms with Gasteiger partial charge >= 0.3 is 0 Å². The number of amides is 1. The average Bonchev–Trinajstić information content (AvgIpc) is 3.21. The third-order valence-electron chi connectivity index (χ3n) is 6.32. The van der Waals surface area contributed by atoms with Crippen LogP contribution >= 0.6 is 0 Å². The van der Waals surface area contributed by atoms with E-state index in [1.165, 1.54) is 16.3 Å². The van der Waals surface area contributed by atoms with Gasteiger partial charge in [0, 0.05) is 31.6 Å². The lowest BCUT2D eigenvalue weighted by molar-refractivity contribution is -0.131. The fraction of sp³-hybridized carbons (Fsp3) is 0.391. The van der Waals surface area contributed by atoms with Crippen molar-refractivity contribution in [1.29, 1.82) is 0 Å². The Morgan fingerprint density at radius 3 is 2.52 bits per heavy atom. The van der Waals surface area contributed by atoms with Gasteiger partial charge in [-0.2, -0.15) is 4.31 Å². The molecule has 0 unspecified atom stereocenters. The van der Waals surface area contributed by atoms with Gasteiger partial charge in [0.15, 0.2) is 5.58 Å². The van der Waals surface area contributed by atoms with Crippen LogP contribution in [0.25, 0.3) is 11.0 Å². The van der Waals surface area contributed by atoms with Crippen LogP contribution in [0.5, 0.6) is 0 Å². The van der Waals surface area contributed by atoms with Crippen molar-refractivity contribution in [3.8, 4) is 0 Å². The first-order chi connectivity index (χ1) is 15.0. The number of rotatable bonds is 4. The first kappa shape index (κ1) is 20.2. The Morgan fingerprint density at radius 1 is 0.968 bits per heavy atom. The summed E-state index contributed by atoms with van der Waals surface area (Å²) in [6.45, 7) is 1.34. The van der Waals surface area contributed by atoms with Gasteiger partial charge in [-0.05, 0) is 61.1 Å². The van der Waals surface area contributed by atoms with E-state index in [-0.39, 0.29) is 12.3 Å². The molecule has 1 saturated heterocycles. The Morgan fingerprint density at radius 2 is 1.71 bits per heavy atom. The molecule has 0 atom stereocenters. The smallest absolute Gasteiger partial charge is 0.243 e. The number of benzene rings is 2. The summed E-state index contributed by atoms with van der Waals surface area (Å²) in [5.74, 6) is -0.0649. The fourth-order valence-electron chi connectivity index (χ4n) is 4.52. The second-order valence-corrected chi connectivity index (χ2v) is 10.2. The summed E-state index contributed by atoms with van der Waals surface area (Å²) in [5.41, 5.74) is 3.69. The van der Waals surface area contributed by atoms with Gasteiger partial charge in [0.1, 0.15) is 5.69 Å². The van der Waals surface area contributed by atoms with E-state index in [0.717, 1.165) is 30.2 Å². The van der Waals surface area contributed by atoms with Crippen molar-refractivity contribution in [3.63, 3.8) is 0 Å². The highest BCUT2D eigenvalue weighted by Crippen LogP contribution is 2.26. The molecule has 0 bridgehead atoms. The molecule has 8 heteroatoms. The zero-order valence-electron chi connectivity index (χ0n) is 17.3. The Labute approximate surface area is 181 Å². The van der Waals surface area contributed by atoms with Gasteiger partial charge in [-0.25, -0.2) is 8.42 Å². The molecule has 0 spiro atoms. The van der Waals surface area contributed by atoms with Gasteiger partial charge in [0.25, 0.3) is 0 Å². The third-order valence-corrected chi connectivity index (χ3v) is 8.21. The molecule has 2 heterocycles. The van der Waals surface area contributed by atoms with E-state index in [4.69, 9.17) is 4.52 Å². The van der Waals surface area contributed by atoms with Gasteiger partial charge in [-0.1, -0.05) is 23.4 Å². The second kappa shape index (κ2) is 8.09. The van der Waals surface area contributed by atoms with E-state index in [1.54, 1.807) is 11.0 Å². The van der Waals surface area contributed by atoms with Crippen LogP contribution < -0.4 is 0 Å². The number of hydrogen-bond donors (Lipinski definition) is 0. The van der Waals surface area contributed by atoms with Gasteiger partial charge in [-0.3, -0.25) is 4.79 Å². The van der Waals surface area contributed by atoms with E-state index >= 15 is 0 Å². The molecule has 1 amide bonds. The molecule has 0 radical (unpaired) electrons. The maximum absolute atomic E-state index is 13.2. The number of para-hydroxylation sites is 1. The summed E-state index contributed by atoms with van der Waals surface area (Å²) < 4.78 is 33.1. The number of sulfonamides is 1. The van der Waals surface area contributed by atoms with E-state index in [1.807, 2.05) is 36.4 Å². The zero-order valence-corrected chi connectivity index (χ0v) is 18.1. The largest absolute Gasteiger partial charge is 0.356 e. The highest BCUT2D eigenvalue weighted by molar-refractivity contribution is 7.89. The molecular formula is C23H25N3O4S. The maximum Gasteiger partial charge on any atom is 0.243 e. The van der Waals surface area contributed by atoms with Crippen LogP contribution in [0.4, 0.5) is 0 Å². The SMILES string of the molecule is O=C(Cc1noc2ccccc12)N1CCN(S(=O)(=O)c2ccc3c(c2)CCCC3)CC1. The summed E-state index contributed by atoms with van der Waals surface area (Å²) in [7, 11) is -3.56. The van der Waals surface area contributed by atoms with Crippen molar-refractivity contribution in [1.82, 2.24) is 14.4 Å². The molecule has 1 aliphatic heterocycles. The standard InChI is InChI=1S/C23H25N3O4S/c27-23(16-21-20-7-3-4-8-22(20)30-24-21)25-11-13-26(14-12-25)31(28,29)19-10-9-17-5-1-2-6-18(17)15-19/h3-4,7-10,15H,1-2,5-6,11-14,16H2. The maximum atomic E-state index is 13.2. The lowest BCUT2D eigenvalue weighted by Gasteiger charge is -2.34. The van der Waals surface area contributed by atoms with Crippen LogP contribution in [0.15, 0.2) is 51.9 Å². The number of aryl methyl sites for hydroxylation is 2. The van der Waals surface area contributed by atoms with Crippen LogP contribution in [0.1, 0.15) is 29.7 Å². The minimum atomic E-state index is -3.56. The summed E-state index contributed by atoms with van der Waals surface area (Å²) in [4.78, 5) is 14.8. The number of fused-ring (bicyclic) bond motifs is 2. The van der Waals surface area contributed by atoms with Crippen LogP contribution in [0.3, 0.4) is 0 Å². The van der Waals surface area contributed by atoms with E-state index in [0.29, 0.717) is 42.4 Å². The molecule has 2 aromatic carbocycles. The van der Waals surface area contributed by atoms with Crippen LogP contribution in [0, 0.1) is 0 Å². The summed E-state index contributed by atoms with van der Waals surface area (Å²) in [6.07, 6.45) is 4.39. The van der Waals surface area contributed by atoms with Crippen molar-refractivity contribution >= 4 is 26.9 Å². The van der Waals surface area contributed by atoms with Crippen LogP contribution in [0.2, 0.25) is 0 Å². The predicted molar refractivity (Wildman–Crippen MR) is 116 cm³/mol. The predicted octanol–water partition coefficient (Wildman–Crippen LogP) is 2.78. The van der Waals surface area contributed by atoms with Crippen molar-refractivity contribution in [2.45, 2.75) is 37.0 Å². The lowest BCUT2D eigenvalue weighted by atomic mass is 9.92. The molecule has 1 fully saturated rings. The molecule has 7 nitrogen and oxygen atoms in total. The molecule has 1 aromatic heterocycles. The summed E-state index contributed by atoms with van der Waals surface area (Å²) >= 11 is 0. The fourth-order valence-corrected chi connectivity index (χ4v) is 5.99. The average molecular weight is 440 g/mol. The Bertz CT molecular complexity index is 1230. The molecule has 1 aliphatic carbocycles. The van der Waals surface area contributed by atoms with Crippen LogP contribution in [-0.4, -0.2) is 54.9 Å². The monoisotopic (exact) mass is 439 g/mol. The Kier molecular flexibility index (Phi) is 5.27. The van der Waals surface area contributed by atoms with Crippen LogP contribution in [-0.2, 0) is 34.1 Å². The zero-order chi connectivity index (χ0) is 21.4. The minimum Gasteiger partial charge on any atom is -0.356 e. The Hall–Kier alpha value is -2.71.